The van der Waals surface area contributed by atoms with Crippen molar-refractivity contribution in [2.24, 2.45) is 5.73 Å². The fourth-order valence-corrected chi connectivity index (χ4v) is 2.00. The fraction of sp³-hybridized carbons (Fsp3) is 0.417. The highest BCUT2D eigenvalue weighted by Crippen LogP contribution is 2.29. The van der Waals surface area contributed by atoms with E-state index in [1.807, 2.05) is 0 Å². The number of methoxy groups -OCH3 is 1. The zero-order valence-electron chi connectivity index (χ0n) is 10.3. The minimum absolute atomic E-state index is 0. The molecule has 3 N–H and O–H groups in total. The highest BCUT2D eigenvalue weighted by molar-refractivity contribution is 5.94. The molecule has 1 amide bonds. The molecule has 5 nitrogen and oxygen atoms in total. The Morgan fingerprint density at radius 2 is 2.06 bits per heavy atom. The molecule has 0 bridgehead atoms. The highest BCUT2D eigenvalue weighted by atomic mass is 35.5. The molecule has 1 aliphatic heterocycles. The van der Waals surface area contributed by atoms with Gasteiger partial charge in [0.2, 0.25) is 5.91 Å². The number of rotatable bonds is 3. The van der Waals surface area contributed by atoms with Crippen LogP contribution in [0.25, 0.3) is 0 Å². The first-order valence-electron chi connectivity index (χ1n) is 5.66. The summed E-state index contributed by atoms with van der Waals surface area (Å²) in [6.45, 7) is 3.67. The Balaban J connectivity index is 0.00000162. The Labute approximate surface area is 113 Å². The number of nitrogens with one attached hydrogen (secondary N) is 1. The molecule has 0 spiro atoms. The number of primary amides is 1. The number of ether oxygens (including phenoxy) is 1. The second kappa shape index (κ2) is 6.47. The minimum atomic E-state index is -0.413. The first-order valence-corrected chi connectivity index (χ1v) is 5.66. The van der Waals surface area contributed by atoms with Crippen molar-refractivity contribution in [3.05, 3.63) is 23.8 Å². The monoisotopic (exact) mass is 271 g/mol. The molecule has 0 aromatic heterocycles. The van der Waals surface area contributed by atoms with Crippen molar-refractivity contribution in [3.8, 4) is 5.75 Å². The van der Waals surface area contributed by atoms with Gasteiger partial charge in [0.1, 0.15) is 5.75 Å². The molecule has 1 aliphatic rings. The van der Waals surface area contributed by atoms with Crippen LogP contribution >= 0.6 is 12.4 Å². The summed E-state index contributed by atoms with van der Waals surface area (Å²) in [7, 11) is 1.63. The van der Waals surface area contributed by atoms with Crippen molar-refractivity contribution in [2.75, 3.05) is 38.2 Å². The van der Waals surface area contributed by atoms with Crippen molar-refractivity contribution < 1.29 is 9.53 Å². The van der Waals surface area contributed by atoms with E-state index in [2.05, 4.69) is 10.2 Å². The zero-order chi connectivity index (χ0) is 12.3. The van der Waals surface area contributed by atoms with Gasteiger partial charge >= 0.3 is 0 Å². The molecule has 0 unspecified atom stereocenters. The van der Waals surface area contributed by atoms with Crippen LogP contribution in [0.4, 0.5) is 5.69 Å². The van der Waals surface area contributed by atoms with Gasteiger partial charge in [-0.05, 0) is 18.2 Å². The van der Waals surface area contributed by atoms with E-state index < -0.39 is 5.91 Å². The first kappa shape index (κ1) is 14.6. The molecule has 1 saturated heterocycles. The lowest BCUT2D eigenvalue weighted by molar-refractivity contribution is 0.100. The van der Waals surface area contributed by atoms with Crippen molar-refractivity contribution in [1.82, 2.24) is 5.32 Å². The second-order valence-corrected chi connectivity index (χ2v) is 3.99. The Morgan fingerprint density at radius 3 is 2.61 bits per heavy atom. The number of nitrogens with two attached hydrogens (primary N) is 1. The van der Waals surface area contributed by atoms with Crippen LogP contribution in [-0.4, -0.2) is 39.2 Å². The van der Waals surface area contributed by atoms with Gasteiger partial charge in [0, 0.05) is 31.7 Å². The van der Waals surface area contributed by atoms with Crippen LogP contribution in [0.2, 0.25) is 0 Å². The molecule has 0 radical (unpaired) electrons. The number of nitrogens with zero attached hydrogens (tertiary/aromatic N) is 1. The summed E-state index contributed by atoms with van der Waals surface area (Å²) in [6, 6.07) is 5.27. The third-order valence-corrected chi connectivity index (χ3v) is 2.92. The smallest absolute Gasteiger partial charge is 0.248 e. The van der Waals surface area contributed by atoms with E-state index in [1.165, 1.54) is 0 Å². The molecule has 6 heteroatoms. The molecule has 1 aromatic rings. The lowest BCUT2D eigenvalue weighted by Crippen LogP contribution is -2.43. The zero-order valence-corrected chi connectivity index (χ0v) is 11.1. The van der Waals surface area contributed by atoms with Crippen molar-refractivity contribution >= 4 is 24.0 Å². The van der Waals surface area contributed by atoms with Crippen LogP contribution in [0, 0.1) is 0 Å². The lowest BCUT2D eigenvalue weighted by atomic mass is 10.1. The van der Waals surface area contributed by atoms with Crippen LogP contribution < -0.4 is 20.7 Å². The SMILES string of the molecule is COc1ccc(C(N)=O)cc1N1CCNCC1.Cl. The number of piperazine rings is 1. The predicted molar refractivity (Wildman–Crippen MR) is 73.8 cm³/mol. The Kier molecular flexibility index (Phi) is 5.25. The predicted octanol–water partition coefficient (Wildman–Crippen LogP) is 0.626. The van der Waals surface area contributed by atoms with Crippen LogP contribution in [0.15, 0.2) is 18.2 Å². The van der Waals surface area contributed by atoms with E-state index in [0.29, 0.717) is 5.56 Å². The summed E-state index contributed by atoms with van der Waals surface area (Å²) in [5.74, 6) is 0.362. The van der Waals surface area contributed by atoms with Crippen molar-refractivity contribution in [1.29, 1.82) is 0 Å². The molecule has 1 aromatic carbocycles. The minimum Gasteiger partial charge on any atom is -0.495 e. The molecule has 0 saturated carbocycles. The number of hydrogen-bond donors (Lipinski definition) is 2. The maximum atomic E-state index is 11.2. The molecular formula is C12H18ClN3O2. The number of halogens is 1. The molecule has 0 aliphatic carbocycles. The summed E-state index contributed by atoms with van der Waals surface area (Å²) in [5.41, 5.74) is 6.74. The summed E-state index contributed by atoms with van der Waals surface area (Å²) >= 11 is 0. The van der Waals surface area contributed by atoms with Crippen LogP contribution in [0.1, 0.15) is 10.4 Å². The number of benzene rings is 1. The van der Waals surface area contributed by atoms with Gasteiger partial charge in [-0.2, -0.15) is 0 Å². The van der Waals surface area contributed by atoms with E-state index in [4.69, 9.17) is 10.5 Å². The Hall–Kier alpha value is -1.46. The second-order valence-electron chi connectivity index (χ2n) is 3.99. The lowest BCUT2D eigenvalue weighted by Gasteiger charge is -2.30. The molecular weight excluding hydrogens is 254 g/mol. The van der Waals surface area contributed by atoms with E-state index in [-0.39, 0.29) is 12.4 Å². The van der Waals surface area contributed by atoms with Gasteiger partial charge in [-0.1, -0.05) is 0 Å². The quantitative estimate of drug-likeness (QED) is 0.846. The number of carbonyl (C=O) groups excluding carboxylic acids is 1. The first-order chi connectivity index (χ1) is 8.22. The molecule has 2 rings (SSSR count). The van der Waals surface area contributed by atoms with Crippen LogP contribution in [0.3, 0.4) is 0 Å². The third kappa shape index (κ3) is 3.05. The number of amides is 1. The largest absolute Gasteiger partial charge is 0.495 e. The Morgan fingerprint density at radius 1 is 1.39 bits per heavy atom. The van der Waals surface area contributed by atoms with E-state index in [0.717, 1.165) is 37.6 Å². The van der Waals surface area contributed by atoms with E-state index in [9.17, 15) is 4.79 Å². The maximum Gasteiger partial charge on any atom is 0.248 e. The molecule has 100 valence electrons. The molecule has 1 fully saturated rings. The summed E-state index contributed by atoms with van der Waals surface area (Å²) in [6.07, 6.45) is 0. The van der Waals surface area contributed by atoms with Gasteiger partial charge in [-0.25, -0.2) is 0 Å². The van der Waals surface area contributed by atoms with Crippen LogP contribution in [0.5, 0.6) is 5.75 Å². The normalized spacial score (nSPS) is 14.8. The summed E-state index contributed by atoms with van der Waals surface area (Å²) < 4.78 is 5.32. The summed E-state index contributed by atoms with van der Waals surface area (Å²) in [5, 5.41) is 3.29. The van der Waals surface area contributed by atoms with E-state index in [1.54, 1.807) is 25.3 Å². The molecule has 0 atom stereocenters. The van der Waals surface area contributed by atoms with E-state index >= 15 is 0 Å². The standard InChI is InChI=1S/C12H17N3O2.ClH/c1-17-11-3-2-9(12(13)16)8-10(11)15-6-4-14-5-7-15;/h2-3,8,14H,4-7H2,1H3,(H2,13,16);1H. The average molecular weight is 272 g/mol. The Bertz CT molecular complexity index is 420. The van der Waals surface area contributed by atoms with Gasteiger partial charge in [-0.3, -0.25) is 4.79 Å². The number of hydrogen-bond acceptors (Lipinski definition) is 4. The van der Waals surface area contributed by atoms with Gasteiger partial charge in [0.05, 0.1) is 12.8 Å². The van der Waals surface area contributed by atoms with Crippen molar-refractivity contribution in [3.63, 3.8) is 0 Å². The molecule has 18 heavy (non-hydrogen) atoms. The third-order valence-electron chi connectivity index (χ3n) is 2.92. The van der Waals surface area contributed by atoms with Gasteiger partial charge in [0.25, 0.3) is 0 Å². The maximum absolute atomic E-state index is 11.2. The number of anilines is 1. The topological polar surface area (TPSA) is 67.6 Å². The van der Waals surface area contributed by atoms with Crippen molar-refractivity contribution in [2.45, 2.75) is 0 Å². The highest BCUT2D eigenvalue weighted by Gasteiger charge is 2.16. The average Bonchev–Trinajstić information content (AvgIpc) is 2.39. The van der Waals surface area contributed by atoms with Gasteiger partial charge in [0.15, 0.2) is 0 Å². The summed E-state index contributed by atoms with van der Waals surface area (Å²) in [4.78, 5) is 13.4. The fourth-order valence-electron chi connectivity index (χ4n) is 2.00. The van der Waals surface area contributed by atoms with Crippen LogP contribution in [-0.2, 0) is 0 Å². The number of carbonyl (C=O) groups is 1. The van der Waals surface area contributed by atoms with Gasteiger partial charge < -0.3 is 20.7 Å². The van der Waals surface area contributed by atoms with Gasteiger partial charge in [-0.15, -0.1) is 12.4 Å². The molecule has 1 heterocycles.